The Bertz CT molecular complexity index is 1120. The number of rotatable bonds is 6. The standard InChI is InChI=1S/C20H26ClN3O4S2/c1-3-15-7-5-6-10-24(15)19(26)13-30(27,28)12-18(25)22-20-23(4-2)16-9-8-14(21)11-17(16)29-20/h8-9,11,15H,3-7,10,12-13H2,1-2H3. The second-order valence-electron chi connectivity index (χ2n) is 7.42. The van der Waals surface area contributed by atoms with E-state index >= 15 is 0 Å². The molecular weight excluding hydrogens is 446 g/mol. The fraction of sp³-hybridized carbons (Fsp3) is 0.550. The number of likely N-dealkylation sites (tertiary alicyclic amines) is 1. The van der Waals surface area contributed by atoms with Gasteiger partial charge in [0.15, 0.2) is 14.6 Å². The Hall–Kier alpha value is -1.71. The summed E-state index contributed by atoms with van der Waals surface area (Å²) in [6, 6.07) is 5.47. The summed E-state index contributed by atoms with van der Waals surface area (Å²) in [5.74, 6) is -2.62. The number of benzene rings is 1. The van der Waals surface area contributed by atoms with E-state index in [2.05, 4.69) is 4.99 Å². The molecule has 0 N–H and O–H groups in total. The number of hydrogen-bond donors (Lipinski definition) is 0. The number of piperidine rings is 1. The smallest absolute Gasteiger partial charge is 0.263 e. The van der Waals surface area contributed by atoms with Crippen molar-refractivity contribution >= 4 is 54.8 Å². The molecule has 0 spiro atoms. The second-order valence-corrected chi connectivity index (χ2v) is 10.9. The summed E-state index contributed by atoms with van der Waals surface area (Å²) in [6.07, 6.45) is 3.62. The van der Waals surface area contributed by atoms with E-state index in [0.29, 0.717) is 22.9 Å². The number of nitrogens with zero attached hydrogens (tertiary/aromatic N) is 3. The van der Waals surface area contributed by atoms with Crippen molar-refractivity contribution in [3.8, 4) is 0 Å². The van der Waals surface area contributed by atoms with Crippen molar-refractivity contribution in [3.05, 3.63) is 28.0 Å². The number of thiazole rings is 1. The molecule has 1 saturated heterocycles. The largest absolute Gasteiger partial charge is 0.339 e. The molecule has 7 nitrogen and oxygen atoms in total. The van der Waals surface area contributed by atoms with E-state index in [1.807, 2.05) is 24.5 Å². The maximum Gasteiger partial charge on any atom is 0.263 e. The Morgan fingerprint density at radius 1 is 1.23 bits per heavy atom. The average Bonchev–Trinajstić information content (AvgIpc) is 3.02. The van der Waals surface area contributed by atoms with E-state index in [1.54, 1.807) is 17.0 Å². The Morgan fingerprint density at radius 2 is 2.00 bits per heavy atom. The third-order valence-electron chi connectivity index (χ3n) is 5.29. The zero-order valence-electron chi connectivity index (χ0n) is 17.1. The van der Waals surface area contributed by atoms with Gasteiger partial charge in [-0.2, -0.15) is 4.99 Å². The van der Waals surface area contributed by atoms with Gasteiger partial charge in [0.05, 0.1) is 10.2 Å². The highest BCUT2D eigenvalue weighted by Crippen LogP contribution is 2.22. The molecule has 164 valence electrons. The summed E-state index contributed by atoms with van der Waals surface area (Å²) < 4.78 is 27.7. The predicted octanol–water partition coefficient (Wildman–Crippen LogP) is 3.01. The number of hydrogen-bond acceptors (Lipinski definition) is 5. The van der Waals surface area contributed by atoms with Crippen LogP contribution in [0.25, 0.3) is 10.2 Å². The van der Waals surface area contributed by atoms with Crippen LogP contribution >= 0.6 is 22.9 Å². The molecule has 0 aliphatic carbocycles. The topological polar surface area (TPSA) is 88.8 Å². The van der Waals surface area contributed by atoms with Crippen LogP contribution < -0.4 is 4.80 Å². The number of aromatic nitrogens is 1. The molecule has 1 unspecified atom stereocenters. The Labute approximate surface area is 185 Å². The quantitative estimate of drug-likeness (QED) is 0.647. The normalized spacial score (nSPS) is 18.2. The lowest BCUT2D eigenvalue weighted by atomic mass is 10.0. The minimum atomic E-state index is -3.90. The van der Waals surface area contributed by atoms with E-state index in [0.717, 1.165) is 35.9 Å². The Kier molecular flexibility index (Phi) is 7.36. The minimum Gasteiger partial charge on any atom is -0.339 e. The third-order valence-corrected chi connectivity index (χ3v) is 7.94. The first-order valence-corrected chi connectivity index (χ1v) is 13.1. The zero-order chi connectivity index (χ0) is 21.9. The van der Waals surface area contributed by atoms with Crippen molar-refractivity contribution in [1.29, 1.82) is 0 Å². The molecule has 2 aromatic rings. The van der Waals surface area contributed by atoms with Gasteiger partial charge in [-0.15, -0.1) is 0 Å². The van der Waals surface area contributed by atoms with E-state index < -0.39 is 33.2 Å². The van der Waals surface area contributed by atoms with Crippen molar-refractivity contribution in [3.63, 3.8) is 0 Å². The molecule has 1 aliphatic heterocycles. The molecule has 0 radical (unpaired) electrons. The summed E-state index contributed by atoms with van der Waals surface area (Å²) in [6.45, 7) is 5.06. The molecule has 3 rings (SSSR count). The molecule has 1 aromatic carbocycles. The highest BCUT2D eigenvalue weighted by atomic mass is 35.5. The molecule has 0 saturated carbocycles. The first-order valence-electron chi connectivity index (χ1n) is 10.1. The van der Waals surface area contributed by atoms with Gasteiger partial charge in [0, 0.05) is 24.2 Å². The summed E-state index contributed by atoms with van der Waals surface area (Å²) in [5, 5.41) is 0.578. The lowest BCUT2D eigenvalue weighted by molar-refractivity contribution is -0.132. The third kappa shape index (κ3) is 5.31. The van der Waals surface area contributed by atoms with Crippen LogP contribution in [0.1, 0.15) is 39.5 Å². The fourth-order valence-corrected chi connectivity index (χ4v) is 6.31. The van der Waals surface area contributed by atoms with Crippen LogP contribution in [0.4, 0.5) is 0 Å². The monoisotopic (exact) mass is 471 g/mol. The second kappa shape index (κ2) is 9.62. The van der Waals surface area contributed by atoms with Gasteiger partial charge in [-0.05, 0) is 50.8 Å². The fourth-order valence-electron chi connectivity index (χ4n) is 3.84. The number of amides is 2. The van der Waals surface area contributed by atoms with E-state index in [9.17, 15) is 18.0 Å². The van der Waals surface area contributed by atoms with Crippen molar-refractivity contribution < 1.29 is 18.0 Å². The molecule has 1 aromatic heterocycles. The minimum absolute atomic E-state index is 0.0794. The van der Waals surface area contributed by atoms with Gasteiger partial charge in [-0.1, -0.05) is 29.9 Å². The Balaban J connectivity index is 1.76. The number of fused-ring (bicyclic) bond motifs is 1. The van der Waals surface area contributed by atoms with Crippen LogP contribution in [0.15, 0.2) is 23.2 Å². The van der Waals surface area contributed by atoms with Crippen LogP contribution in [-0.4, -0.2) is 53.8 Å². The van der Waals surface area contributed by atoms with Crippen LogP contribution in [0.5, 0.6) is 0 Å². The number of carbonyl (C=O) groups excluding carboxylic acids is 2. The van der Waals surface area contributed by atoms with Gasteiger partial charge in [-0.3, -0.25) is 9.59 Å². The average molecular weight is 472 g/mol. The van der Waals surface area contributed by atoms with Crippen molar-refractivity contribution in [1.82, 2.24) is 9.47 Å². The predicted molar refractivity (Wildman–Crippen MR) is 119 cm³/mol. The van der Waals surface area contributed by atoms with Crippen LogP contribution in [0, 0.1) is 0 Å². The maximum absolute atomic E-state index is 12.6. The molecule has 10 heteroatoms. The molecule has 1 fully saturated rings. The molecule has 30 heavy (non-hydrogen) atoms. The number of sulfone groups is 1. The van der Waals surface area contributed by atoms with Gasteiger partial charge >= 0.3 is 0 Å². The number of carbonyl (C=O) groups is 2. The molecular formula is C20H26ClN3O4S2. The van der Waals surface area contributed by atoms with E-state index in [4.69, 9.17) is 11.6 Å². The van der Waals surface area contributed by atoms with Crippen molar-refractivity contribution in [2.45, 2.75) is 52.1 Å². The van der Waals surface area contributed by atoms with Gasteiger partial charge in [-0.25, -0.2) is 8.42 Å². The van der Waals surface area contributed by atoms with Gasteiger partial charge in [0.2, 0.25) is 5.91 Å². The number of halogens is 1. The van der Waals surface area contributed by atoms with Crippen LogP contribution in [0.3, 0.4) is 0 Å². The van der Waals surface area contributed by atoms with Crippen LogP contribution in [0.2, 0.25) is 5.02 Å². The summed E-state index contributed by atoms with van der Waals surface area (Å²) in [4.78, 5) is 31.1. The summed E-state index contributed by atoms with van der Waals surface area (Å²) >= 11 is 7.31. The van der Waals surface area contributed by atoms with Crippen LogP contribution in [-0.2, 0) is 26.0 Å². The van der Waals surface area contributed by atoms with Crippen molar-refractivity contribution in [2.24, 2.45) is 4.99 Å². The lowest BCUT2D eigenvalue weighted by Gasteiger charge is -2.35. The zero-order valence-corrected chi connectivity index (χ0v) is 19.5. The molecule has 2 heterocycles. The maximum atomic E-state index is 12.6. The van der Waals surface area contributed by atoms with Crippen molar-refractivity contribution in [2.75, 3.05) is 18.1 Å². The highest BCUT2D eigenvalue weighted by Gasteiger charge is 2.29. The highest BCUT2D eigenvalue weighted by molar-refractivity contribution is 7.92. The van der Waals surface area contributed by atoms with Gasteiger partial charge in [0.25, 0.3) is 5.91 Å². The first-order chi connectivity index (χ1) is 14.2. The first kappa shape index (κ1) is 23.0. The summed E-state index contributed by atoms with van der Waals surface area (Å²) in [7, 11) is -3.90. The van der Waals surface area contributed by atoms with Gasteiger partial charge in [0.1, 0.15) is 11.5 Å². The molecule has 0 bridgehead atoms. The summed E-state index contributed by atoms with van der Waals surface area (Å²) in [5.41, 5.74) is 0.882. The molecule has 2 amide bonds. The van der Waals surface area contributed by atoms with E-state index in [-0.39, 0.29) is 6.04 Å². The molecule has 1 atom stereocenters. The lowest BCUT2D eigenvalue weighted by Crippen LogP contribution is -2.46. The number of aryl methyl sites for hydroxylation is 1. The SMILES string of the molecule is CCC1CCCCN1C(=O)CS(=O)(=O)CC(=O)N=c1sc2cc(Cl)ccc2n1CC. The van der Waals surface area contributed by atoms with Gasteiger partial charge < -0.3 is 9.47 Å². The Morgan fingerprint density at radius 3 is 2.70 bits per heavy atom. The molecule has 1 aliphatic rings. The van der Waals surface area contributed by atoms with E-state index in [1.165, 1.54) is 11.3 Å².